The molecule has 1 aromatic heterocycles. The molecule has 1 aromatic carbocycles. The van der Waals surface area contributed by atoms with Gasteiger partial charge in [0.05, 0.1) is 23.7 Å². The Bertz CT molecular complexity index is 752. The molecule has 154 valence electrons. The predicted molar refractivity (Wildman–Crippen MR) is 111 cm³/mol. The summed E-state index contributed by atoms with van der Waals surface area (Å²) in [6.45, 7) is 7.77. The van der Waals surface area contributed by atoms with Crippen LogP contribution in [-0.4, -0.2) is 48.3 Å². The van der Waals surface area contributed by atoms with Gasteiger partial charge in [0.15, 0.2) is 5.76 Å². The number of hydrogen-bond donors (Lipinski definition) is 1. The number of furan rings is 1. The molecule has 0 aliphatic rings. The monoisotopic (exact) mass is 406 g/mol. The first-order valence-electron chi connectivity index (χ1n) is 9.69. The molecule has 1 heterocycles. The number of methoxy groups -OCH3 is 1. The molecule has 0 fully saturated rings. The van der Waals surface area contributed by atoms with E-state index >= 15 is 0 Å². The van der Waals surface area contributed by atoms with Crippen molar-refractivity contribution in [2.75, 3.05) is 33.3 Å². The standard InChI is InChI=1S/C21H30N2O4S/c1-4-13-23(14-5-2)15-12-22-21(24)20-11-8-18(27-20)16-28(25)19-9-6-17(26-3)7-10-19/h6-11H,4-5,12-16H2,1-3H3,(H,22,24)/t28-/m1/s1. The first-order valence-corrected chi connectivity index (χ1v) is 11.0. The number of rotatable bonds is 12. The maximum atomic E-state index is 12.5. The number of amides is 1. The zero-order chi connectivity index (χ0) is 20.4. The molecule has 2 rings (SSSR count). The zero-order valence-electron chi connectivity index (χ0n) is 16.9. The van der Waals surface area contributed by atoms with Crippen molar-refractivity contribution in [2.45, 2.75) is 37.3 Å². The number of ether oxygens (including phenoxy) is 1. The fourth-order valence-electron chi connectivity index (χ4n) is 2.90. The van der Waals surface area contributed by atoms with Crippen LogP contribution in [0.2, 0.25) is 0 Å². The molecule has 0 saturated carbocycles. The Labute approximate surface area is 169 Å². The largest absolute Gasteiger partial charge is 0.497 e. The molecule has 0 radical (unpaired) electrons. The van der Waals surface area contributed by atoms with Crippen LogP contribution in [0.5, 0.6) is 5.75 Å². The van der Waals surface area contributed by atoms with Crippen LogP contribution in [-0.2, 0) is 16.6 Å². The first-order chi connectivity index (χ1) is 13.6. The van der Waals surface area contributed by atoms with Crippen molar-refractivity contribution in [1.82, 2.24) is 10.2 Å². The summed E-state index contributed by atoms with van der Waals surface area (Å²) in [7, 11) is 0.341. The molecule has 0 spiro atoms. The lowest BCUT2D eigenvalue weighted by atomic mass is 10.3. The van der Waals surface area contributed by atoms with E-state index in [4.69, 9.17) is 9.15 Å². The van der Waals surface area contributed by atoms with E-state index in [9.17, 15) is 9.00 Å². The average molecular weight is 407 g/mol. The van der Waals surface area contributed by atoms with Gasteiger partial charge in [-0.2, -0.15) is 0 Å². The van der Waals surface area contributed by atoms with Crippen molar-refractivity contribution < 1.29 is 18.2 Å². The van der Waals surface area contributed by atoms with Gasteiger partial charge in [0.2, 0.25) is 0 Å². The van der Waals surface area contributed by atoms with Gasteiger partial charge in [0.1, 0.15) is 11.5 Å². The lowest BCUT2D eigenvalue weighted by Gasteiger charge is -2.20. The fourth-order valence-corrected chi connectivity index (χ4v) is 3.92. The van der Waals surface area contributed by atoms with Crippen LogP contribution in [0, 0.1) is 0 Å². The molecule has 0 saturated heterocycles. The molecule has 6 nitrogen and oxygen atoms in total. The molecule has 2 aromatic rings. The molecular weight excluding hydrogens is 376 g/mol. The Hall–Kier alpha value is -2.12. The Morgan fingerprint density at radius 2 is 1.75 bits per heavy atom. The van der Waals surface area contributed by atoms with Crippen LogP contribution >= 0.6 is 0 Å². The highest BCUT2D eigenvalue weighted by Gasteiger charge is 2.14. The van der Waals surface area contributed by atoms with Crippen molar-refractivity contribution in [3.8, 4) is 5.75 Å². The second-order valence-corrected chi connectivity index (χ2v) is 7.98. The van der Waals surface area contributed by atoms with Crippen LogP contribution in [0.25, 0.3) is 0 Å². The van der Waals surface area contributed by atoms with Gasteiger partial charge >= 0.3 is 0 Å². The van der Waals surface area contributed by atoms with Gasteiger partial charge in [0, 0.05) is 18.0 Å². The summed E-state index contributed by atoms with van der Waals surface area (Å²) in [5, 5.41) is 2.89. The number of nitrogens with zero attached hydrogens (tertiary/aromatic N) is 1. The molecule has 0 bridgehead atoms. The summed E-state index contributed by atoms with van der Waals surface area (Å²) in [5.41, 5.74) is 0. The van der Waals surface area contributed by atoms with Crippen LogP contribution in [0.1, 0.15) is 43.0 Å². The lowest BCUT2D eigenvalue weighted by Crippen LogP contribution is -2.35. The minimum Gasteiger partial charge on any atom is -0.497 e. The van der Waals surface area contributed by atoms with Gasteiger partial charge < -0.3 is 19.4 Å². The SMILES string of the molecule is CCCN(CCC)CCNC(=O)c1ccc(C[S@@](=O)c2ccc(OC)cc2)o1. The van der Waals surface area contributed by atoms with E-state index in [1.807, 2.05) is 0 Å². The number of nitrogens with one attached hydrogen (secondary N) is 1. The Balaban J connectivity index is 1.84. The Kier molecular flexibility index (Phi) is 9.23. The van der Waals surface area contributed by atoms with Crippen LogP contribution in [0.4, 0.5) is 0 Å². The number of carbonyl (C=O) groups excluding carboxylic acids is 1. The van der Waals surface area contributed by atoms with E-state index in [2.05, 4.69) is 24.1 Å². The van der Waals surface area contributed by atoms with Gasteiger partial charge in [-0.25, -0.2) is 0 Å². The van der Waals surface area contributed by atoms with E-state index in [0.717, 1.165) is 32.5 Å². The highest BCUT2D eigenvalue weighted by molar-refractivity contribution is 7.84. The van der Waals surface area contributed by atoms with E-state index in [0.29, 0.717) is 22.9 Å². The molecule has 1 atom stereocenters. The third-order valence-corrected chi connectivity index (χ3v) is 5.62. The highest BCUT2D eigenvalue weighted by atomic mass is 32.2. The highest BCUT2D eigenvalue weighted by Crippen LogP contribution is 2.18. The van der Waals surface area contributed by atoms with Crippen LogP contribution in [0.15, 0.2) is 45.7 Å². The van der Waals surface area contributed by atoms with E-state index in [1.54, 1.807) is 43.5 Å². The van der Waals surface area contributed by atoms with Crippen molar-refractivity contribution in [3.63, 3.8) is 0 Å². The van der Waals surface area contributed by atoms with Gasteiger partial charge in [-0.15, -0.1) is 0 Å². The second kappa shape index (κ2) is 11.7. The third-order valence-electron chi connectivity index (χ3n) is 4.27. The molecule has 28 heavy (non-hydrogen) atoms. The molecular formula is C21H30N2O4S. The molecule has 1 amide bonds. The molecule has 0 aliphatic carbocycles. The first kappa shape index (κ1) is 22.2. The number of benzene rings is 1. The van der Waals surface area contributed by atoms with E-state index < -0.39 is 10.8 Å². The summed E-state index contributed by atoms with van der Waals surface area (Å²) < 4.78 is 23.2. The van der Waals surface area contributed by atoms with Crippen molar-refractivity contribution in [2.24, 2.45) is 0 Å². The van der Waals surface area contributed by atoms with Crippen LogP contribution < -0.4 is 10.1 Å². The van der Waals surface area contributed by atoms with E-state index in [1.165, 1.54) is 0 Å². The van der Waals surface area contributed by atoms with Crippen molar-refractivity contribution in [1.29, 1.82) is 0 Å². The normalized spacial score (nSPS) is 12.1. The topological polar surface area (TPSA) is 71.8 Å². The van der Waals surface area contributed by atoms with Crippen molar-refractivity contribution >= 4 is 16.7 Å². The van der Waals surface area contributed by atoms with Crippen LogP contribution in [0.3, 0.4) is 0 Å². The maximum absolute atomic E-state index is 12.5. The molecule has 0 aliphatic heterocycles. The second-order valence-electron chi connectivity index (χ2n) is 6.53. The van der Waals surface area contributed by atoms with Gasteiger partial charge in [-0.1, -0.05) is 13.8 Å². The Morgan fingerprint density at radius 3 is 2.36 bits per heavy atom. The lowest BCUT2D eigenvalue weighted by molar-refractivity contribution is 0.0919. The average Bonchev–Trinajstić information content (AvgIpc) is 3.17. The van der Waals surface area contributed by atoms with Gasteiger partial charge in [-0.3, -0.25) is 9.00 Å². The third kappa shape index (κ3) is 6.80. The summed E-state index contributed by atoms with van der Waals surface area (Å²) in [6, 6.07) is 10.4. The Morgan fingerprint density at radius 1 is 1.07 bits per heavy atom. The smallest absolute Gasteiger partial charge is 0.287 e. The predicted octanol–water partition coefficient (Wildman–Crippen LogP) is 3.45. The number of hydrogen-bond acceptors (Lipinski definition) is 5. The minimum absolute atomic E-state index is 0.223. The van der Waals surface area contributed by atoms with Gasteiger partial charge in [0.25, 0.3) is 5.91 Å². The zero-order valence-corrected chi connectivity index (χ0v) is 17.7. The summed E-state index contributed by atoms with van der Waals surface area (Å²) >= 11 is 0. The summed E-state index contributed by atoms with van der Waals surface area (Å²) in [4.78, 5) is 15.3. The summed E-state index contributed by atoms with van der Waals surface area (Å²) in [6.07, 6.45) is 2.20. The molecule has 0 unspecified atom stereocenters. The maximum Gasteiger partial charge on any atom is 0.287 e. The van der Waals surface area contributed by atoms with Gasteiger partial charge in [-0.05, 0) is 62.3 Å². The van der Waals surface area contributed by atoms with Crippen molar-refractivity contribution in [3.05, 3.63) is 47.9 Å². The summed E-state index contributed by atoms with van der Waals surface area (Å²) in [5.74, 6) is 1.47. The van der Waals surface area contributed by atoms with E-state index in [-0.39, 0.29) is 17.4 Å². The minimum atomic E-state index is -1.25. The molecule has 7 heteroatoms. The quantitative estimate of drug-likeness (QED) is 0.585. The number of carbonyl (C=O) groups is 1. The molecule has 1 N–H and O–H groups in total. The fraction of sp³-hybridized carbons (Fsp3) is 0.476.